The number of hydrogen-bond acceptors (Lipinski definition) is 5. The first-order chi connectivity index (χ1) is 9.43. The molecule has 1 heterocycles. The molecule has 1 aromatic heterocycles. The van der Waals surface area contributed by atoms with Gasteiger partial charge in [0.1, 0.15) is 0 Å². The van der Waals surface area contributed by atoms with E-state index in [1.807, 2.05) is 0 Å². The van der Waals surface area contributed by atoms with Gasteiger partial charge in [-0.1, -0.05) is 0 Å². The van der Waals surface area contributed by atoms with Gasteiger partial charge in [0.25, 0.3) is 0 Å². The third kappa shape index (κ3) is 5.85. The second-order valence-electron chi connectivity index (χ2n) is 3.83. The lowest BCUT2D eigenvalue weighted by Gasteiger charge is -2.07. The Labute approximate surface area is 114 Å². The van der Waals surface area contributed by atoms with Crippen LogP contribution >= 0.6 is 0 Å². The number of hydrogen-bond donors (Lipinski definition) is 0. The van der Waals surface area contributed by atoms with E-state index in [2.05, 4.69) is 9.97 Å². The van der Waals surface area contributed by atoms with Gasteiger partial charge >= 0.3 is 18.2 Å². The van der Waals surface area contributed by atoms with E-state index < -0.39 is 11.9 Å². The van der Waals surface area contributed by atoms with E-state index in [-0.39, 0.29) is 25.0 Å². The predicted octanol–water partition coefficient (Wildman–Crippen LogP) is 2.61. The minimum atomic E-state index is -4.52. The highest BCUT2D eigenvalue weighted by Crippen LogP contribution is 2.27. The van der Waals surface area contributed by atoms with Gasteiger partial charge < -0.3 is 9.47 Å². The van der Waals surface area contributed by atoms with Crippen LogP contribution in [0.2, 0.25) is 0 Å². The van der Waals surface area contributed by atoms with Crippen molar-refractivity contribution in [3.8, 4) is 6.01 Å². The lowest BCUT2D eigenvalue weighted by Crippen LogP contribution is -2.10. The van der Waals surface area contributed by atoms with Crippen LogP contribution in [0.5, 0.6) is 6.01 Å². The van der Waals surface area contributed by atoms with Gasteiger partial charge in [0, 0.05) is 12.6 Å². The number of aromatic nitrogens is 2. The zero-order valence-corrected chi connectivity index (χ0v) is 10.9. The minimum absolute atomic E-state index is 0.140. The summed E-state index contributed by atoms with van der Waals surface area (Å²) in [5.74, 6) is -0.303. The van der Waals surface area contributed by atoms with E-state index in [4.69, 9.17) is 9.47 Å². The van der Waals surface area contributed by atoms with E-state index >= 15 is 0 Å². The molecule has 1 rings (SSSR count). The zero-order chi connectivity index (χ0) is 15.0. The number of alkyl halides is 3. The van der Waals surface area contributed by atoms with Crippen LogP contribution in [0.3, 0.4) is 0 Å². The highest BCUT2D eigenvalue weighted by atomic mass is 19.4. The van der Waals surface area contributed by atoms with Gasteiger partial charge in [0.05, 0.1) is 13.2 Å². The van der Waals surface area contributed by atoms with Crippen molar-refractivity contribution >= 4 is 5.97 Å². The Balaban J connectivity index is 2.31. The summed E-state index contributed by atoms with van der Waals surface area (Å²) < 4.78 is 46.9. The predicted molar refractivity (Wildman–Crippen MR) is 63.0 cm³/mol. The summed E-state index contributed by atoms with van der Waals surface area (Å²) in [7, 11) is 0. The van der Waals surface area contributed by atoms with Crippen LogP contribution in [0.15, 0.2) is 12.3 Å². The summed E-state index contributed by atoms with van der Waals surface area (Å²) in [4.78, 5) is 17.9. The zero-order valence-electron chi connectivity index (χ0n) is 10.9. The molecule has 0 saturated carbocycles. The first kappa shape index (κ1) is 16.2. The molecular formula is C12H15F3N2O3. The Kier molecular flexibility index (Phi) is 6.20. The largest absolute Gasteiger partial charge is 0.466 e. The molecule has 0 aliphatic rings. The molecule has 0 aliphatic heterocycles. The van der Waals surface area contributed by atoms with Gasteiger partial charge in [0.2, 0.25) is 0 Å². The molecule has 0 fully saturated rings. The third-order valence-electron chi connectivity index (χ3n) is 2.24. The van der Waals surface area contributed by atoms with Crippen molar-refractivity contribution in [2.24, 2.45) is 0 Å². The maximum absolute atomic E-state index is 12.4. The standard InChI is InChI=1S/C12H15F3N2O3/c1-2-19-10(18)5-3-4-8-20-11-16-7-6-9(17-11)12(13,14)15/h6-7H,2-5,8H2,1H3. The van der Waals surface area contributed by atoms with E-state index in [9.17, 15) is 18.0 Å². The summed E-state index contributed by atoms with van der Waals surface area (Å²) in [5, 5.41) is 0. The number of rotatable bonds is 7. The summed E-state index contributed by atoms with van der Waals surface area (Å²) in [6, 6.07) is 0.448. The monoisotopic (exact) mass is 292 g/mol. The smallest absolute Gasteiger partial charge is 0.433 e. The number of nitrogens with zero attached hydrogens (tertiary/aromatic N) is 2. The van der Waals surface area contributed by atoms with Crippen molar-refractivity contribution in [3.05, 3.63) is 18.0 Å². The highest BCUT2D eigenvalue weighted by molar-refractivity contribution is 5.69. The van der Waals surface area contributed by atoms with E-state index in [1.165, 1.54) is 0 Å². The van der Waals surface area contributed by atoms with Crippen LogP contribution in [0, 0.1) is 0 Å². The molecule has 0 spiro atoms. The van der Waals surface area contributed by atoms with Crippen molar-refractivity contribution < 1.29 is 27.4 Å². The number of ether oxygens (including phenoxy) is 2. The van der Waals surface area contributed by atoms with E-state index in [0.717, 1.165) is 12.3 Å². The summed E-state index contributed by atoms with van der Waals surface area (Å²) in [6.45, 7) is 2.18. The van der Waals surface area contributed by atoms with Crippen molar-refractivity contribution in [1.29, 1.82) is 0 Å². The van der Waals surface area contributed by atoms with Crippen molar-refractivity contribution in [2.45, 2.75) is 32.4 Å². The topological polar surface area (TPSA) is 61.3 Å². The van der Waals surface area contributed by atoms with Crippen LogP contribution in [-0.2, 0) is 15.7 Å². The minimum Gasteiger partial charge on any atom is -0.466 e. The van der Waals surface area contributed by atoms with Gasteiger partial charge in [-0.2, -0.15) is 18.2 Å². The van der Waals surface area contributed by atoms with Gasteiger partial charge in [0.15, 0.2) is 5.69 Å². The van der Waals surface area contributed by atoms with Crippen LogP contribution < -0.4 is 4.74 Å². The number of halogens is 3. The SMILES string of the molecule is CCOC(=O)CCCCOc1nccc(C(F)(F)F)n1. The number of esters is 1. The fourth-order valence-corrected chi connectivity index (χ4v) is 1.34. The normalized spacial score (nSPS) is 11.2. The molecule has 5 nitrogen and oxygen atoms in total. The van der Waals surface area contributed by atoms with Gasteiger partial charge in [-0.15, -0.1) is 0 Å². The molecule has 0 atom stereocenters. The lowest BCUT2D eigenvalue weighted by atomic mass is 10.2. The molecule has 8 heteroatoms. The van der Waals surface area contributed by atoms with E-state index in [1.54, 1.807) is 6.92 Å². The maximum atomic E-state index is 12.4. The van der Waals surface area contributed by atoms with Crippen LogP contribution in [0.1, 0.15) is 31.9 Å². The van der Waals surface area contributed by atoms with Crippen LogP contribution in [-0.4, -0.2) is 29.2 Å². The Morgan fingerprint density at radius 2 is 2.10 bits per heavy atom. The van der Waals surface area contributed by atoms with Crippen molar-refractivity contribution in [2.75, 3.05) is 13.2 Å². The Morgan fingerprint density at radius 1 is 1.35 bits per heavy atom. The molecule has 0 radical (unpaired) electrons. The third-order valence-corrected chi connectivity index (χ3v) is 2.24. The van der Waals surface area contributed by atoms with Crippen molar-refractivity contribution in [1.82, 2.24) is 9.97 Å². The van der Waals surface area contributed by atoms with Gasteiger partial charge in [-0.25, -0.2) is 4.98 Å². The molecule has 0 saturated heterocycles. The molecule has 0 unspecified atom stereocenters. The second-order valence-corrected chi connectivity index (χ2v) is 3.83. The summed E-state index contributed by atoms with van der Waals surface area (Å²) >= 11 is 0. The van der Waals surface area contributed by atoms with Crippen LogP contribution in [0.25, 0.3) is 0 Å². The molecule has 0 N–H and O–H groups in total. The Hall–Kier alpha value is -1.86. The Morgan fingerprint density at radius 3 is 2.75 bits per heavy atom. The average molecular weight is 292 g/mol. The molecule has 0 bridgehead atoms. The van der Waals surface area contributed by atoms with E-state index in [0.29, 0.717) is 19.4 Å². The van der Waals surface area contributed by atoms with Gasteiger partial charge in [-0.3, -0.25) is 4.79 Å². The number of unbranched alkanes of at least 4 members (excludes halogenated alkanes) is 1. The Bertz CT molecular complexity index is 438. The quantitative estimate of drug-likeness (QED) is 0.571. The van der Waals surface area contributed by atoms with Crippen molar-refractivity contribution in [3.63, 3.8) is 0 Å². The average Bonchev–Trinajstić information content (AvgIpc) is 2.38. The second kappa shape index (κ2) is 7.66. The first-order valence-corrected chi connectivity index (χ1v) is 6.12. The highest BCUT2D eigenvalue weighted by Gasteiger charge is 2.32. The number of carbonyl (C=O) groups excluding carboxylic acids is 1. The molecular weight excluding hydrogens is 277 g/mol. The molecule has 20 heavy (non-hydrogen) atoms. The molecule has 0 aliphatic carbocycles. The summed E-state index contributed by atoms with van der Waals surface area (Å²) in [5.41, 5.74) is -1.05. The lowest BCUT2D eigenvalue weighted by molar-refractivity contribution is -0.143. The fraction of sp³-hybridized carbons (Fsp3) is 0.583. The number of carbonyl (C=O) groups is 1. The molecule has 112 valence electrons. The molecule has 0 amide bonds. The fourth-order valence-electron chi connectivity index (χ4n) is 1.34. The first-order valence-electron chi connectivity index (χ1n) is 6.12. The van der Waals surface area contributed by atoms with Crippen LogP contribution in [0.4, 0.5) is 13.2 Å². The maximum Gasteiger partial charge on any atom is 0.433 e. The molecule has 1 aromatic rings. The molecule has 0 aromatic carbocycles. The van der Waals surface area contributed by atoms with Gasteiger partial charge in [-0.05, 0) is 25.8 Å². The summed E-state index contributed by atoms with van der Waals surface area (Å²) in [6.07, 6.45) is -2.26.